The molecule has 1 aromatic heterocycles. The molecule has 1 aromatic rings. The van der Waals surface area contributed by atoms with Crippen LogP contribution in [-0.2, 0) is 0 Å². The van der Waals surface area contributed by atoms with Gasteiger partial charge in [0.15, 0.2) is 0 Å². The molecule has 1 heterocycles. The van der Waals surface area contributed by atoms with Gasteiger partial charge >= 0.3 is 0 Å². The number of aromatic nitrogens is 1. The molecule has 1 N–H and O–H groups in total. The molecule has 0 unspecified atom stereocenters. The minimum atomic E-state index is 0.761. The van der Waals surface area contributed by atoms with Crippen LogP contribution >= 0.6 is 23.3 Å². The van der Waals surface area contributed by atoms with Gasteiger partial charge in [-0.25, -0.2) is 4.98 Å². The first kappa shape index (κ1) is 8.53. The topological polar surface area (TPSA) is 24.9 Å². The van der Waals surface area contributed by atoms with Crippen LogP contribution < -0.4 is 4.72 Å². The number of nitrogens with zero attached hydrogens (tertiary/aromatic N) is 1. The standard InChI is InChI=1S/C8H12N2S2/c1-5-8(11-6(2)9-5)12-10-7-3-4-7/h7,10H,3-4H2,1-2H3. The fraction of sp³-hybridized carbons (Fsp3) is 0.625. The Bertz CT molecular complexity index is 279. The Hall–Kier alpha value is -0.0600. The van der Waals surface area contributed by atoms with Crippen molar-refractivity contribution < 1.29 is 0 Å². The van der Waals surface area contributed by atoms with Crippen molar-refractivity contribution in [1.82, 2.24) is 9.71 Å². The molecule has 1 fully saturated rings. The number of hydrogen-bond donors (Lipinski definition) is 1. The lowest BCUT2D eigenvalue weighted by Crippen LogP contribution is -2.04. The molecule has 1 aliphatic carbocycles. The maximum absolute atomic E-state index is 4.37. The van der Waals surface area contributed by atoms with Crippen molar-refractivity contribution in [3.8, 4) is 0 Å². The number of rotatable bonds is 3. The maximum atomic E-state index is 4.37. The van der Waals surface area contributed by atoms with Gasteiger partial charge in [-0.1, -0.05) is 0 Å². The molecule has 12 heavy (non-hydrogen) atoms. The van der Waals surface area contributed by atoms with Crippen LogP contribution in [0.2, 0.25) is 0 Å². The molecule has 2 rings (SSSR count). The van der Waals surface area contributed by atoms with Crippen molar-refractivity contribution >= 4 is 23.3 Å². The zero-order valence-corrected chi connectivity index (χ0v) is 8.89. The highest BCUT2D eigenvalue weighted by Gasteiger charge is 2.21. The van der Waals surface area contributed by atoms with Crippen LogP contribution in [0.4, 0.5) is 0 Å². The summed E-state index contributed by atoms with van der Waals surface area (Å²) in [5, 5.41) is 1.16. The second-order valence-corrected chi connectivity index (χ2v) is 5.41. The minimum absolute atomic E-state index is 0.761. The second-order valence-electron chi connectivity index (χ2n) is 3.10. The van der Waals surface area contributed by atoms with Gasteiger partial charge in [0.25, 0.3) is 0 Å². The van der Waals surface area contributed by atoms with E-state index in [4.69, 9.17) is 0 Å². The highest BCUT2D eigenvalue weighted by Crippen LogP contribution is 2.30. The molecule has 0 aliphatic heterocycles. The van der Waals surface area contributed by atoms with Crippen LogP contribution in [0.15, 0.2) is 4.21 Å². The van der Waals surface area contributed by atoms with Gasteiger partial charge in [0.05, 0.1) is 14.9 Å². The summed E-state index contributed by atoms with van der Waals surface area (Å²) in [6.45, 7) is 4.12. The summed E-state index contributed by atoms with van der Waals surface area (Å²) in [4.78, 5) is 4.37. The fourth-order valence-corrected chi connectivity index (χ4v) is 2.97. The molecule has 66 valence electrons. The van der Waals surface area contributed by atoms with Crippen LogP contribution in [-0.4, -0.2) is 11.0 Å². The normalized spacial score (nSPS) is 16.8. The van der Waals surface area contributed by atoms with Gasteiger partial charge in [-0.3, -0.25) is 4.72 Å². The summed E-state index contributed by atoms with van der Waals surface area (Å²) < 4.78 is 4.73. The summed E-state index contributed by atoms with van der Waals surface area (Å²) >= 11 is 3.52. The van der Waals surface area contributed by atoms with Crippen molar-refractivity contribution in [3.63, 3.8) is 0 Å². The summed E-state index contributed by atoms with van der Waals surface area (Å²) in [5.74, 6) is 0. The van der Waals surface area contributed by atoms with Crippen molar-refractivity contribution in [2.24, 2.45) is 0 Å². The van der Waals surface area contributed by atoms with Crippen molar-refractivity contribution in [2.75, 3.05) is 0 Å². The van der Waals surface area contributed by atoms with E-state index in [0.717, 1.165) is 16.7 Å². The fourth-order valence-electron chi connectivity index (χ4n) is 0.945. The highest BCUT2D eigenvalue weighted by atomic mass is 32.2. The smallest absolute Gasteiger partial charge is 0.0981 e. The van der Waals surface area contributed by atoms with Gasteiger partial charge in [0.2, 0.25) is 0 Å². The van der Waals surface area contributed by atoms with E-state index in [1.54, 1.807) is 23.3 Å². The first-order chi connectivity index (χ1) is 5.75. The number of thiazole rings is 1. The number of aryl methyl sites for hydroxylation is 2. The first-order valence-corrected chi connectivity index (χ1v) is 5.75. The highest BCUT2D eigenvalue weighted by molar-refractivity contribution is 7.99. The minimum Gasteiger partial charge on any atom is -0.256 e. The van der Waals surface area contributed by atoms with Gasteiger partial charge in [-0.2, -0.15) is 0 Å². The molecule has 0 saturated heterocycles. The Morgan fingerprint density at radius 3 is 2.75 bits per heavy atom. The van der Waals surface area contributed by atoms with E-state index in [1.807, 2.05) is 0 Å². The molecular weight excluding hydrogens is 188 g/mol. The van der Waals surface area contributed by atoms with Gasteiger partial charge in [-0.15, -0.1) is 11.3 Å². The second kappa shape index (κ2) is 3.36. The Morgan fingerprint density at radius 1 is 1.50 bits per heavy atom. The molecular formula is C8H12N2S2. The zero-order chi connectivity index (χ0) is 8.55. The Morgan fingerprint density at radius 2 is 2.25 bits per heavy atom. The van der Waals surface area contributed by atoms with Crippen LogP contribution in [0, 0.1) is 13.8 Å². The van der Waals surface area contributed by atoms with E-state index in [-0.39, 0.29) is 0 Å². The largest absolute Gasteiger partial charge is 0.256 e. The van der Waals surface area contributed by atoms with Crippen LogP contribution in [0.1, 0.15) is 23.5 Å². The van der Waals surface area contributed by atoms with Crippen molar-refractivity contribution in [1.29, 1.82) is 0 Å². The van der Waals surface area contributed by atoms with Gasteiger partial charge in [0.1, 0.15) is 0 Å². The Labute approximate surface area is 80.9 Å². The lowest BCUT2D eigenvalue weighted by atomic mass is 10.6. The molecule has 2 nitrogen and oxygen atoms in total. The summed E-state index contributed by atoms with van der Waals surface area (Å²) in [6, 6.07) is 0.761. The quantitative estimate of drug-likeness (QED) is 0.759. The van der Waals surface area contributed by atoms with Gasteiger partial charge in [-0.05, 0) is 38.6 Å². The molecule has 0 atom stereocenters. The predicted molar refractivity (Wildman–Crippen MR) is 53.6 cm³/mol. The van der Waals surface area contributed by atoms with Crippen LogP contribution in [0.25, 0.3) is 0 Å². The lowest BCUT2D eigenvalue weighted by molar-refractivity contribution is 0.970. The lowest BCUT2D eigenvalue weighted by Gasteiger charge is -1.97. The van der Waals surface area contributed by atoms with E-state index in [9.17, 15) is 0 Å². The average Bonchev–Trinajstić information content (AvgIpc) is 2.76. The van der Waals surface area contributed by atoms with Gasteiger partial charge < -0.3 is 0 Å². The van der Waals surface area contributed by atoms with Gasteiger partial charge in [0, 0.05) is 6.04 Å². The zero-order valence-electron chi connectivity index (χ0n) is 7.26. The summed E-state index contributed by atoms with van der Waals surface area (Å²) in [7, 11) is 0. The average molecular weight is 200 g/mol. The van der Waals surface area contributed by atoms with Crippen molar-refractivity contribution in [2.45, 2.75) is 36.9 Å². The molecule has 1 saturated carbocycles. The Balaban J connectivity index is 1.96. The molecule has 1 aliphatic rings. The monoisotopic (exact) mass is 200 g/mol. The third kappa shape index (κ3) is 2.00. The third-order valence-electron chi connectivity index (χ3n) is 1.76. The van der Waals surface area contributed by atoms with E-state index in [0.29, 0.717) is 0 Å². The molecule has 0 bridgehead atoms. The first-order valence-electron chi connectivity index (χ1n) is 4.12. The SMILES string of the molecule is Cc1nc(C)c(SNC2CC2)s1. The number of nitrogens with one attached hydrogen (secondary N) is 1. The molecule has 4 heteroatoms. The third-order valence-corrected chi connectivity index (χ3v) is 4.06. The summed E-state index contributed by atoms with van der Waals surface area (Å²) in [5.41, 5.74) is 1.16. The predicted octanol–water partition coefficient (Wildman–Crippen LogP) is 2.52. The van der Waals surface area contributed by atoms with E-state index in [2.05, 4.69) is 23.6 Å². The molecule has 0 radical (unpaired) electrons. The summed E-state index contributed by atoms with van der Waals surface area (Å²) in [6.07, 6.45) is 2.67. The van der Waals surface area contributed by atoms with E-state index < -0.39 is 0 Å². The van der Waals surface area contributed by atoms with Crippen LogP contribution in [0.5, 0.6) is 0 Å². The van der Waals surface area contributed by atoms with Crippen molar-refractivity contribution in [3.05, 3.63) is 10.7 Å². The van der Waals surface area contributed by atoms with E-state index in [1.165, 1.54) is 17.1 Å². The van der Waals surface area contributed by atoms with E-state index >= 15 is 0 Å². The maximum Gasteiger partial charge on any atom is 0.0981 e. The van der Waals surface area contributed by atoms with Crippen LogP contribution in [0.3, 0.4) is 0 Å². The number of hydrogen-bond acceptors (Lipinski definition) is 4. The Kier molecular flexibility index (Phi) is 2.39. The molecule has 0 aromatic carbocycles. The molecule has 0 amide bonds. The molecule has 0 spiro atoms.